The third-order valence-electron chi connectivity index (χ3n) is 2.85. The van der Waals surface area contributed by atoms with Gasteiger partial charge in [0.15, 0.2) is 0 Å². The van der Waals surface area contributed by atoms with Gasteiger partial charge in [-0.25, -0.2) is 0 Å². The monoisotopic (exact) mass is 279 g/mol. The highest BCUT2D eigenvalue weighted by Gasteiger charge is 2.01. The number of halogens is 2. The van der Waals surface area contributed by atoms with Crippen LogP contribution in [0, 0.1) is 0 Å². The lowest BCUT2D eigenvalue weighted by molar-refractivity contribution is 1.12. The fourth-order valence-corrected chi connectivity index (χ4v) is 2.11. The molecule has 0 aliphatic heterocycles. The quantitative estimate of drug-likeness (QED) is 0.814. The molecule has 0 saturated carbocycles. The van der Waals surface area contributed by atoms with E-state index in [1.54, 1.807) is 6.07 Å². The van der Waals surface area contributed by atoms with Gasteiger partial charge in [-0.2, -0.15) is 0 Å². The number of aryl methyl sites for hydroxylation is 1. The first-order valence-electron chi connectivity index (χ1n) is 5.96. The maximum atomic E-state index is 6.11. The van der Waals surface area contributed by atoms with Crippen molar-refractivity contribution < 1.29 is 0 Å². The highest BCUT2D eigenvalue weighted by molar-refractivity contribution is 6.33. The number of hydrogen-bond acceptors (Lipinski definition) is 1. The molecule has 94 valence electrons. The molecular formula is C15H15Cl2N. The summed E-state index contributed by atoms with van der Waals surface area (Å²) in [6.45, 7) is 2.82. The molecule has 2 rings (SSSR count). The van der Waals surface area contributed by atoms with Crippen molar-refractivity contribution in [1.29, 1.82) is 0 Å². The molecule has 0 aliphatic rings. The van der Waals surface area contributed by atoms with Crippen molar-refractivity contribution in [3.8, 4) is 0 Å². The number of benzene rings is 2. The van der Waals surface area contributed by atoms with E-state index in [-0.39, 0.29) is 0 Å². The van der Waals surface area contributed by atoms with Gasteiger partial charge in [0.2, 0.25) is 0 Å². The Bertz CT molecular complexity index is 521. The molecule has 1 N–H and O–H groups in total. The zero-order valence-electron chi connectivity index (χ0n) is 10.2. The van der Waals surface area contributed by atoms with E-state index in [0.29, 0.717) is 11.6 Å². The SMILES string of the molecule is CCc1ccc(NCc2cc(Cl)ccc2Cl)cc1. The first-order valence-corrected chi connectivity index (χ1v) is 6.71. The van der Waals surface area contributed by atoms with Crippen molar-refractivity contribution in [1.82, 2.24) is 0 Å². The van der Waals surface area contributed by atoms with Crippen molar-refractivity contribution in [3.63, 3.8) is 0 Å². The van der Waals surface area contributed by atoms with Crippen molar-refractivity contribution in [2.75, 3.05) is 5.32 Å². The van der Waals surface area contributed by atoms with Crippen LogP contribution in [-0.4, -0.2) is 0 Å². The summed E-state index contributed by atoms with van der Waals surface area (Å²) in [4.78, 5) is 0. The van der Waals surface area contributed by atoms with Gasteiger partial charge in [-0.3, -0.25) is 0 Å². The summed E-state index contributed by atoms with van der Waals surface area (Å²) in [5.41, 5.74) is 3.42. The first-order chi connectivity index (χ1) is 8.69. The molecule has 3 heteroatoms. The first kappa shape index (κ1) is 13.3. The van der Waals surface area contributed by atoms with E-state index >= 15 is 0 Å². The van der Waals surface area contributed by atoms with Gasteiger partial charge in [0.25, 0.3) is 0 Å². The van der Waals surface area contributed by atoms with Crippen molar-refractivity contribution >= 4 is 28.9 Å². The third kappa shape index (κ3) is 3.41. The Morgan fingerprint density at radius 2 is 1.72 bits per heavy atom. The highest BCUT2D eigenvalue weighted by Crippen LogP contribution is 2.21. The van der Waals surface area contributed by atoms with Crippen LogP contribution in [0.1, 0.15) is 18.1 Å². The molecule has 0 aromatic heterocycles. The van der Waals surface area contributed by atoms with Crippen LogP contribution in [0.3, 0.4) is 0 Å². The largest absolute Gasteiger partial charge is 0.381 e. The van der Waals surface area contributed by atoms with Crippen LogP contribution >= 0.6 is 23.2 Å². The minimum Gasteiger partial charge on any atom is -0.381 e. The lowest BCUT2D eigenvalue weighted by Crippen LogP contribution is -2.00. The van der Waals surface area contributed by atoms with E-state index in [1.807, 2.05) is 12.1 Å². The molecule has 0 heterocycles. The fraction of sp³-hybridized carbons (Fsp3) is 0.200. The van der Waals surface area contributed by atoms with Crippen molar-refractivity contribution in [2.45, 2.75) is 19.9 Å². The standard InChI is InChI=1S/C15H15Cl2N/c1-2-11-3-6-14(7-4-11)18-10-12-9-13(16)5-8-15(12)17/h3-9,18H,2,10H2,1H3. The predicted octanol–water partition coefficient (Wildman–Crippen LogP) is 5.17. The van der Waals surface area contributed by atoms with Gasteiger partial charge in [-0.1, -0.05) is 42.3 Å². The lowest BCUT2D eigenvalue weighted by Gasteiger charge is -2.09. The summed E-state index contributed by atoms with van der Waals surface area (Å²) in [6, 6.07) is 13.9. The summed E-state index contributed by atoms with van der Waals surface area (Å²) in [5, 5.41) is 4.78. The molecule has 0 unspecified atom stereocenters. The molecule has 0 aliphatic carbocycles. The van der Waals surface area contributed by atoms with Gasteiger partial charge in [0.05, 0.1) is 0 Å². The van der Waals surface area contributed by atoms with Gasteiger partial charge in [-0.05, 0) is 47.9 Å². The average molecular weight is 280 g/mol. The Hall–Kier alpha value is -1.18. The normalized spacial score (nSPS) is 10.4. The molecule has 0 atom stereocenters. The Morgan fingerprint density at radius 3 is 2.39 bits per heavy atom. The molecule has 0 fully saturated rings. The molecule has 0 saturated heterocycles. The van der Waals surface area contributed by atoms with Crippen LogP contribution in [0.5, 0.6) is 0 Å². The summed E-state index contributed by atoms with van der Waals surface area (Å²) in [7, 11) is 0. The molecule has 1 nitrogen and oxygen atoms in total. The minimum absolute atomic E-state index is 0.671. The molecule has 2 aromatic carbocycles. The Kier molecular flexibility index (Phi) is 4.51. The van der Waals surface area contributed by atoms with Crippen LogP contribution in [0.2, 0.25) is 10.0 Å². The Morgan fingerprint density at radius 1 is 1.00 bits per heavy atom. The van der Waals surface area contributed by atoms with Crippen molar-refractivity contribution in [3.05, 3.63) is 63.6 Å². The fourth-order valence-electron chi connectivity index (χ4n) is 1.73. The zero-order valence-corrected chi connectivity index (χ0v) is 11.7. The van der Waals surface area contributed by atoms with Gasteiger partial charge in [0, 0.05) is 22.3 Å². The third-order valence-corrected chi connectivity index (χ3v) is 3.46. The maximum absolute atomic E-state index is 6.11. The van der Waals surface area contributed by atoms with Crippen LogP contribution in [-0.2, 0) is 13.0 Å². The molecule has 0 radical (unpaired) electrons. The summed E-state index contributed by atoms with van der Waals surface area (Å²) in [5.74, 6) is 0. The molecule has 0 amide bonds. The molecule has 0 bridgehead atoms. The summed E-state index contributed by atoms with van der Waals surface area (Å²) in [6.07, 6.45) is 1.06. The molecular weight excluding hydrogens is 265 g/mol. The second-order valence-electron chi connectivity index (χ2n) is 4.14. The minimum atomic E-state index is 0.671. The van der Waals surface area contributed by atoms with Crippen LogP contribution in [0.4, 0.5) is 5.69 Å². The number of nitrogens with one attached hydrogen (secondary N) is 1. The Balaban J connectivity index is 2.04. The predicted molar refractivity (Wildman–Crippen MR) is 79.6 cm³/mol. The van der Waals surface area contributed by atoms with Gasteiger partial charge < -0.3 is 5.32 Å². The second kappa shape index (κ2) is 6.12. The average Bonchev–Trinajstić information content (AvgIpc) is 2.40. The second-order valence-corrected chi connectivity index (χ2v) is 4.98. The number of hydrogen-bond donors (Lipinski definition) is 1. The summed E-state index contributed by atoms with van der Waals surface area (Å²) < 4.78 is 0. The molecule has 18 heavy (non-hydrogen) atoms. The zero-order chi connectivity index (χ0) is 13.0. The number of rotatable bonds is 4. The van der Waals surface area contributed by atoms with E-state index in [0.717, 1.165) is 22.7 Å². The van der Waals surface area contributed by atoms with Crippen molar-refractivity contribution in [2.24, 2.45) is 0 Å². The smallest absolute Gasteiger partial charge is 0.0456 e. The van der Waals surface area contributed by atoms with E-state index in [4.69, 9.17) is 23.2 Å². The topological polar surface area (TPSA) is 12.0 Å². The van der Waals surface area contributed by atoms with Gasteiger partial charge >= 0.3 is 0 Å². The number of anilines is 1. The highest BCUT2D eigenvalue weighted by atomic mass is 35.5. The van der Waals surface area contributed by atoms with Gasteiger partial charge in [-0.15, -0.1) is 0 Å². The van der Waals surface area contributed by atoms with Crippen LogP contribution in [0.15, 0.2) is 42.5 Å². The van der Waals surface area contributed by atoms with E-state index in [1.165, 1.54) is 5.56 Å². The maximum Gasteiger partial charge on any atom is 0.0456 e. The lowest BCUT2D eigenvalue weighted by atomic mass is 10.1. The van der Waals surface area contributed by atoms with Crippen LogP contribution < -0.4 is 5.32 Å². The Labute approximate surface area is 118 Å². The van der Waals surface area contributed by atoms with Crippen LogP contribution in [0.25, 0.3) is 0 Å². The summed E-state index contributed by atoms with van der Waals surface area (Å²) >= 11 is 12.1. The van der Waals surface area contributed by atoms with Gasteiger partial charge in [0.1, 0.15) is 0 Å². The van der Waals surface area contributed by atoms with E-state index in [2.05, 4.69) is 36.5 Å². The molecule has 2 aromatic rings. The van der Waals surface area contributed by atoms with E-state index in [9.17, 15) is 0 Å². The molecule has 0 spiro atoms. The van der Waals surface area contributed by atoms with E-state index < -0.39 is 0 Å².